The number of amides is 3. The molecule has 154 valence electrons. The van der Waals surface area contributed by atoms with Crippen LogP contribution in [0.25, 0.3) is 0 Å². The summed E-state index contributed by atoms with van der Waals surface area (Å²) < 4.78 is 18.5. The van der Waals surface area contributed by atoms with Gasteiger partial charge in [0.15, 0.2) is 6.61 Å². The predicted octanol–water partition coefficient (Wildman–Crippen LogP) is 2.09. The highest BCUT2D eigenvalue weighted by molar-refractivity contribution is 5.88. The van der Waals surface area contributed by atoms with Crippen LogP contribution in [0.2, 0.25) is 0 Å². The van der Waals surface area contributed by atoms with E-state index in [0.717, 1.165) is 5.69 Å². The van der Waals surface area contributed by atoms with Crippen molar-refractivity contribution in [1.29, 1.82) is 0 Å². The summed E-state index contributed by atoms with van der Waals surface area (Å²) in [6, 6.07) is 9.30. The van der Waals surface area contributed by atoms with Crippen molar-refractivity contribution < 1.29 is 18.7 Å². The van der Waals surface area contributed by atoms with Crippen LogP contribution in [0.15, 0.2) is 42.6 Å². The smallest absolute Gasteiger partial charge is 0.319 e. The summed E-state index contributed by atoms with van der Waals surface area (Å²) in [7, 11) is 0. The number of anilines is 2. The number of piperazine rings is 1. The minimum absolute atomic E-state index is 0.105. The van der Waals surface area contributed by atoms with E-state index in [0.29, 0.717) is 44.3 Å². The molecule has 2 heterocycles. The number of benzene rings is 1. The van der Waals surface area contributed by atoms with E-state index in [9.17, 15) is 14.0 Å². The van der Waals surface area contributed by atoms with E-state index in [4.69, 9.17) is 4.74 Å². The summed E-state index contributed by atoms with van der Waals surface area (Å²) >= 11 is 0. The van der Waals surface area contributed by atoms with E-state index in [2.05, 4.69) is 20.5 Å². The standard InChI is InChI=1S/C20H24FN5O3/c1-2-22-20(28)24-16-5-8-18(23-13-16)29-14-19(27)26-11-9-25(10-12-26)17-6-3-15(21)4-7-17/h3-8,13H,2,9-12,14H2,1H3,(H2,22,24,28). The predicted molar refractivity (Wildman–Crippen MR) is 108 cm³/mol. The molecule has 0 aliphatic carbocycles. The molecule has 0 saturated carbocycles. The number of aromatic nitrogens is 1. The second-order valence-corrected chi connectivity index (χ2v) is 6.50. The number of ether oxygens (including phenoxy) is 1. The Morgan fingerprint density at radius 2 is 1.83 bits per heavy atom. The van der Waals surface area contributed by atoms with Gasteiger partial charge in [0, 0.05) is 44.5 Å². The molecular weight excluding hydrogens is 377 g/mol. The van der Waals surface area contributed by atoms with Crippen LogP contribution in [0.4, 0.5) is 20.6 Å². The van der Waals surface area contributed by atoms with Gasteiger partial charge in [-0.2, -0.15) is 0 Å². The van der Waals surface area contributed by atoms with Crippen LogP contribution < -0.4 is 20.3 Å². The minimum atomic E-state index is -0.307. The number of halogens is 1. The number of carbonyl (C=O) groups is 2. The Balaban J connectivity index is 1.43. The second-order valence-electron chi connectivity index (χ2n) is 6.50. The Bertz CT molecular complexity index is 821. The van der Waals surface area contributed by atoms with Crippen molar-refractivity contribution in [2.24, 2.45) is 0 Å². The third kappa shape index (κ3) is 5.81. The van der Waals surface area contributed by atoms with Crippen molar-refractivity contribution in [3.63, 3.8) is 0 Å². The molecule has 1 aliphatic rings. The summed E-state index contributed by atoms with van der Waals surface area (Å²) in [6.07, 6.45) is 1.47. The first kappa shape index (κ1) is 20.4. The Labute approximate surface area is 168 Å². The molecule has 0 atom stereocenters. The van der Waals surface area contributed by atoms with Crippen molar-refractivity contribution >= 4 is 23.3 Å². The third-order valence-corrected chi connectivity index (χ3v) is 4.50. The van der Waals surface area contributed by atoms with E-state index in [-0.39, 0.29) is 24.4 Å². The van der Waals surface area contributed by atoms with Crippen molar-refractivity contribution in [1.82, 2.24) is 15.2 Å². The fourth-order valence-electron chi connectivity index (χ4n) is 2.97. The summed E-state index contributed by atoms with van der Waals surface area (Å²) in [6.45, 7) is 4.75. The number of hydrogen-bond acceptors (Lipinski definition) is 5. The number of rotatable bonds is 6. The average Bonchev–Trinajstić information content (AvgIpc) is 2.74. The zero-order valence-electron chi connectivity index (χ0n) is 16.2. The fourth-order valence-corrected chi connectivity index (χ4v) is 2.97. The van der Waals surface area contributed by atoms with Crippen LogP contribution in [0.5, 0.6) is 5.88 Å². The molecule has 2 N–H and O–H groups in total. The van der Waals surface area contributed by atoms with E-state index >= 15 is 0 Å². The lowest BCUT2D eigenvalue weighted by Gasteiger charge is -2.36. The Morgan fingerprint density at radius 1 is 1.10 bits per heavy atom. The molecule has 3 rings (SSSR count). The molecule has 1 aliphatic heterocycles. The van der Waals surface area contributed by atoms with Crippen molar-refractivity contribution in [2.45, 2.75) is 6.92 Å². The van der Waals surface area contributed by atoms with E-state index in [1.807, 2.05) is 6.92 Å². The highest BCUT2D eigenvalue weighted by Crippen LogP contribution is 2.17. The molecule has 1 aromatic carbocycles. The van der Waals surface area contributed by atoms with Gasteiger partial charge in [-0.3, -0.25) is 4.79 Å². The van der Waals surface area contributed by atoms with E-state index < -0.39 is 0 Å². The van der Waals surface area contributed by atoms with Gasteiger partial charge in [-0.15, -0.1) is 0 Å². The number of hydrogen-bond donors (Lipinski definition) is 2. The number of nitrogens with zero attached hydrogens (tertiary/aromatic N) is 3. The molecule has 0 spiro atoms. The van der Waals surface area contributed by atoms with Gasteiger partial charge in [0.2, 0.25) is 5.88 Å². The summed E-state index contributed by atoms with van der Waals surface area (Å²) in [5.74, 6) is -0.0683. The highest BCUT2D eigenvalue weighted by atomic mass is 19.1. The van der Waals surface area contributed by atoms with Crippen molar-refractivity contribution in [3.05, 3.63) is 48.4 Å². The molecule has 1 aromatic heterocycles. The first-order valence-corrected chi connectivity index (χ1v) is 9.47. The van der Waals surface area contributed by atoms with Crippen LogP contribution in [0.3, 0.4) is 0 Å². The zero-order chi connectivity index (χ0) is 20.6. The van der Waals surface area contributed by atoms with Crippen molar-refractivity contribution in [3.8, 4) is 5.88 Å². The number of urea groups is 1. The molecule has 2 aromatic rings. The quantitative estimate of drug-likeness (QED) is 0.774. The lowest BCUT2D eigenvalue weighted by Crippen LogP contribution is -2.50. The average molecular weight is 401 g/mol. The molecule has 8 nitrogen and oxygen atoms in total. The van der Waals surface area contributed by atoms with Gasteiger partial charge in [-0.05, 0) is 37.3 Å². The topological polar surface area (TPSA) is 86.8 Å². The molecule has 29 heavy (non-hydrogen) atoms. The molecule has 9 heteroatoms. The highest BCUT2D eigenvalue weighted by Gasteiger charge is 2.21. The maximum Gasteiger partial charge on any atom is 0.319 e. The van der Waals surface area contributed by atoms with Crippen LogP contribution in [-0.2, 0) is 4.79 Å². The zero-order valence-corrected chi connectivity index (χ0v) is 16.2. The number of nitrogens with one attached hydrogen (secondary N) is 2. The van der Waals surface area contributed by atoms with Crippen LogP contribution in [0, 0.1) is 5.82 Å². The van der Waals surface area contributed by atoms with Crippen molar-refractivity contribution in [2.75, 3.05) is 49.5 Å². The summed E-state index contributed by atoms with van der Waals surface area (Å²) in [5.41, 5.74) is 1.48. The molecule has 1 saturated heterocycles. The SMILES string of the molecule is CCNC(=O)Nc1ccc(OCC(=O)N2CCN(c3ccc(F)cc3)CC2)nc1. The van der Waals surface area contributed by atoms with Crippen LogP contribution in [-0.4, -0.2) is 61.2 Å². The Kier molecular flexibility index (Phi) is 6.83. The van der Waals surface area contributed by atoms with Gasteiger partial charge < -0.3 is 25.2 Å². The largest absolute Gasteiger partial charge is 0.468 e. The van der Waals surface area contributed by atoms with E-state index in [1.165, 1.54) is 18.3 Å². The monoisotopic (exact) mass is 401 g/mol. The Morgan fingerprint density at radius 3 is 2.45 bits per heavy atom. The first-order valence-electron chi connectivity index (χ1n) is 9.47. The first-order chi connectivity index (χ1) is 14.0. The number of pyridine rings is 1. The molecule has 0 bridgehead atoms. The molecule has 3 amide bonds. The van der Waals surface area contributed by atoms with Gasteiger partial charge in [0.25, 0.3) is 5.91 Å². The second kappa shape index (κ2) is 9.72. The lowest BCUT2D eigenvalue weighted by atomic mass is 10.2. The molecule has 0 radical (unpaired) electrons. The third-order valence-electron chi connectivity index (χ3n) is 4.50. The van der Waals surface area contributed by atoms with Crippen LogP contribution in [0.1, 0.15) is 6.92 Å². The summed E-state index contributed by atoms with van der Waals surface area (Å²) in [5, 5.41) is 5.26. The van der Waals surface area contributed by atoms with E-state index in [1.54, 1.807) is 29.2 Å². The molecular formula is C20H24FN5O3. The lowest BCUT2D eigenvalue weighted by molar-refractivity contribution is -0.133. The normalized spacial score (nSPS) is 13.7. The van der Waals surface area contributed by atoms with Gasteiger partial charge in [0.1, 0.15) is 5.82 Å². The molecule has 1 fully saturated rings. The fraction of sp³-hybridized carbons (Fsp3) is 0.350. The van der Waals surface area contributed by atoms with Gasteiger partial charge in [-0.25, -0.2) is 14.2 Å². The minimum Gasteiger partial charge on any atom is -0.468 e. The van der Waals surface area contributed by atoms with Gasteiger partial charge in [0.05, 0.1) is 11.9 Å². The van der Waals surface area contributed by atoms with Gasteiger partial charge in [-0.1, -0.05) is 0 Å². The maximum absolute atomic E-state index is 13.0. The maximum atomic E-state index is 13.0. The summed E-state index contributed by atoms with van der Waals surface area (Å²) in [4.78, 5) is 31.8. The Hall–Kier alpha value is -3.36. The van der Waals surface area contributed by atoms with Gasteiger partial charge >= 0.3 is 6.03 Å². The van der Waals surface area contributed by atoms with Crippen LogP contribution >= 0.6 is 0 Å². The number of carbonyl (C=O) groups excluding carboxylic acids is 2. The molecule has 0 unspecified atom stereocenters.